The molecule has 1 aromatic rings. The lowest BCUT2D eigenvalue weighted by molar-refractivity contribution is -0.137. The quantitative estimate of drug-likeness (QED) is 0.642. The number of hydrazine groups is 1. The summed E-state index contributed by atoms with van der Waals surface area (Å²) < 4.78 is 37.3. The van der Waals surface area contributed by atoms with Gasteiger partial charge < -0.3 is 0 Å². The Hall–Kier alpha value is -1.07. The molecule has 0 saturated heterocycles. The van der Waals surface area contributed by atoms with Crippen molar-refractivity contribution in [2.24, 2.45) is 17.7 Å². The van der Waals surface area contributed by atoms with Crippen LogP contribution in [0.2, 0.25) is 0 Å². The fourth-order valence-electron chi connectivity index (χ4n) is 1.82. The zero-order valence-electron chi connectivity index (χ0n) is 10.8. The summed E-state index contributed by atoms with van der Waals surface area (Å²) in [5.74, 6) is 6.11. The van der Waals surface area contributed by atoms with Crippen LogP contribution in [0.1, 0.15) is 37.9 Å². The lowest BCUT2D eigenvalue weighted by atomic mass is 9.86. The molecule has 0 aliphatic heterocycles. The molecule has 2 nitrogen and oxygen atoms in total. The molecule has 0 aliphatic rings. The van der Waals surface area contributed by atoms with Crippen LogP contribution in [0, 0.1) is 11.8 Å². The third kappa shape index (κ3) is 3.46. The van der Waals surface area contributed by atoms with E-state index in [1.54, 1.807) is 0 Å². The second-order valence-corrected chi connectivity index (χ2v) is 4.87. The van der Waals surface area contributed by atoms with Gasteiger partial charge in [0.25, 0.3) is 0 Å². The summed E-state index contributed by atoms with van der Waals surface area (Å²) in [7, 11) is 0. The van der Waals surface area contributed by atoms with Crippen molar-refractivity contribution in [3.63, 3.8) is 0 Å². The monoisotopic (exact) mass is 260 g/mol. The first-order valence-corrected chi connectivity index (χ1v) is 5.90. The average molecular weight is 260 g/mol. The third-order valence-corrected chi connectivity index (χ3v) is 3.35. The second-order valence-electron chi connectivity index (χ2n) is 4.87. The fraction of sp³-hybridized carbons (Fsp3) is 0.538. The van der Waals surface area contributed by atoms with Crippen LogP contribution in [-0.2, 0) is 6.18 Å². The maximum Gasteiger partial charge on any atom is 0.416 e. The zero-order valence-corrected chi connectivity index (χ0v) is 10.8. The Morgan fingerprint density at radius 1 is 1.06 bits per heavy atom. The zero-order chi connectivity index (χ0) is 13.9. The fourth-order valence-corrected chi connectivity index (χ4v) is 1.82. The second kappa shape index (κ2) is 5.71. The van der Waals surface area contributed by atoms with Crippen LogP contribution in [0.15, 0.2) is 24.3 Å². The van der Waals surface area contributed by atoms with E-state index in [0.29, 0.717) is 5.92 Å². The summed E-state index contributed by atoms with van der Waals surface area (Å²) in [6, 6.07) is 4.99. The summed E-state index contributed by atoms with van der Waals surface area (Å²) >= 11 is 0. The maximum atomic E-state index is 12.4. The number of hydrogen-bond donors (Lipinski definition) is 2. The molecule has 2 unspecified atom stereocenters. The van der Waals surface area contributed by atoms with Crippen LogP contribution < -0.4 is 11.3 Å². The van der Waals surface area contributed by atoms with E-state index in [1.807, 2.05) is 6.92 Å². The van der Waals surface area contributed by atoms with Crippen LogP contribution in [-0.4, -0.2) is 0 Å². The lowest BCUT2D eigenvalue weighted by Gasteiger charge is -2.27. The Morgan fingerprint density at radius 2 is 1.56 bits per heavy atom. The van der Waals surface area contributed by atoms with Crippen molar-refractivity contribution in [3.05, 3.63) is 35.4 Å². The molecule has 0 radical (unpaired) electrons. The molecule has 18 heavy (non-hydrogen) atoms. The molecule has 0 fully saturated rings. The predicted molar refractivity (Wildman–Crippen MR) is 65.5 cm³/mol. The van der Waals surface area contributed by atoms with E-state index in [2.05, 4.69) is 19.3 Å². The van der Waals surface area contributed by atoms with Gasteiger partial charge in [0, 0.05) is 6.04 Å². The normalized spacial score (nSPS) is 15.8. The molecule has 0 bridgehead atoms. The highest BCUT2D eigenvalue weighted by Gasteiger charge is 2.30. The molecule has 1 aromatic carbocycles. The molecule has 1 rings (SSSR count). The van der Waals surface area contributed by atoms with Crippen LogP contribution in [0.4, 0.5) is 13.2 Å². The Bertz CT molecular complexity index is 371. The first kappa shape index (κ1) is 15.0. The molecule has 2 atom stereocenters. The van der Waals surface area contributed by atoms with Gasteiger partial charge in [0.1, 0.15) is 0 Å². The van der Waals surface area contributed by atoms with Crippen LogP contribution in [0.3, 0.4) is 0 Å². The highest BCUT2D eigenvalue weighted by Crippen LogP contribution is 2.32. The highest BCUT2D eigenvalue weighted by molar-refractivity contribution is 5.27. The molecule has 3 N–H and O–H groups in total. The van der Waals surface area contributed by atoms with Gasteiger partial charge in [-0.2, -0.15) is 13.2 Å². The number of benzene rings is 1. The van der Waals surface area contributed by atoms with Gasteiger partial charge in [-0.3, -0.25) is 11.3 Å². The molecule has 0 amide bonds. The Morgan fingerprint density at radius 3 is 1.89 bits per heavy atom. The summed E-state index contributed by atoms with van der Waals surface area (Å²) in [5.41, 5.74) is 2.81. The average Bonchev–Trinajstić information content (AvgIpc) is 2.29. The van der Waals surface area contributed by atoms with Gasteiger partial charge in [0.05, 0.1) is 5.56 Å². The van der Waals surface area contributed by atoms with Gasteiger partial charge in [-0.25, -0.2) is 0 Å². The Kier molecular flexibility index (Phi) is 4.76. The molecule has 0 aromatic heterocycles. The van der Waals surface area contributed by atoms with Crippen molar-refractivity contribution in [3.8, 4) is 0 Å². The summed E-state index contributed by atoms with van der Waals surface area (Å²) in [6.07, 6.45) is -4.30. The minimum absolute atomic E-state index is 0.146. The van der Waals surface area contributed by atoms with Crippen molar-refractivity contribution in [1.29, 1.82) is 0 Å². The number of hydrogen-bond acceptors (Lipinski definition) is 2. The predicted octanol–water partition coefficient (Wildman–Crippen LogP) is 3.50. The third-order valence-electron chi connectivity index (χ3n) is 3.35. The molecule has 0 heterocycles. The topological polar surface area (TPSA) is 38.0 Å². The first-order chi connectivity index (χ1) is 8.27. The van der Waals surface area contributed by atoms with Crippen LogP contribution in [0.5, 0.6) is 0 Å². The number of nitrogens with two attached hydrogens (primary N) is 1. The largest absolute Gasteiger partial charge is 0.416 e. The van der Waals surface area contributed by atoms with Crippen molar-refractivity contribution >= 4 is 0 Å². The summed E-state index contributed by atoms with van der Waals surface area (Å²) in [5, 5.41) is 0. The molecular weight excluding hydrogens is 241 g/mol. The van der Waals surface area contributed by atoms with Gasteiger partial charge in [0.2, 0.25) is 0 Å². The number of alkyl halides is 3. The smallest absolute Gasteiger partial charge is 0.271 e. The van der Waals surface area contributed by atoms with Crippen molar-refractivity contribution in [1.82, 2.24) is 5.43 Å². The van der Waals surface area contributed by atoms with E-state index >= 15 is 0 Å². The summed E-state index contributed by atoms with van der Waals surface area (Å²) in [6.45, 7) is 6.13. The highest BCUT2D eigenvalue weighted by atomic mass is 19.4. The summed E-state index contributed by atoms with van der Waals surface area (Å²) in [4.78, 5) is 0. The van der Waals surface area contributed by atoms with Gasteiger partial charge in [0.15, 0.2) is 0 Å². The number of rotatable bonds is 4. The van der Waals surface area contributed by atoms with Crippen molar-refractivity contribution in [2.75, 3.05) is 0 Å². The minimum Gasteiger partial charge on any atom is -0.271 e. The van der Waals surface area contributed by atoms with Crippen LogP contribution >= 0.6 is 0 Å². The van der Waals surface area contributed by atoms with Crippen molar-refractivity contribution < 1.29 is 13.2 Å². The van der Waals surface area contributed by atoms with E-state index in [1.165, 1.54) is 12.1 Å². The number of nitrogens with one attached hydrogen (secondary N) is 1. The lowest BCUT2D eigenvalue weighted by Crippen LogP contribution is -2.34. The van der Waals surface area contributed by atoms with E-state index in [4.69, 9.17) is 5.84 Å². The van der Waals surface area contributed by atoms with Gasteiger partial charge in [-0.05, 0) is 29.5 Å². The van der Waals surface area contributed by atoms with E-state index in [0.717, 1.165) is 17.7 Å². The molecular formula is C13H19F3N2. The van der Waals surface area contributed by atoms with Gasteiger partial charge >= 0.3 is 6.18 Å². The Balaban J connectivity index is 2.96. The van der Waals surface area contributed by atoms with E-state index in [-0.39, 0.29) is 12.0 Å². The molecule has 102 valence electrons. The standard InChI is InChI=1S/C13H19F3N2/c1-8(2)9(3)12(18-17)10-4-6-11(7-5-10)13(14,15)16/h4-9,12,18H,17H2,1-3H3. The Labute approximate surface area is 105 Å². The molecule has 0 spiro atoms. The van der Waals surface area contributed by atoms with E-state index < -0.39 is 11.7 Å². The van der Waals surface area contributed by atoms with Crippen LogP contribution in [0.25, 0.3) is 0 Å². The first-order valence-electron chi connectivity index (χ1n) is 5.90. The van der Waals surface area contributed by atoms with Gasteiger partial charge in [-0.15, -0.1) is 0 Å². The number of halogens is 3. The minimum atomic E-state index is -4.30. The SMILES string of the molecule is CC(C)C(C)C(NN)c1ccc(C(F)(F)F)cc1. The maximum absolute atomic E-state index is 12.4. The molecule has 0 saturated carbocycles. The van der Waals surface area contributed by atoms with Crippen molar-refractivity contribution in [2.45, 2.75) is 33.0 Å². The van der Waals surface area contributed by atoms with Gasteiger partial charge in [-0.1, -0.05) is 32.9 Å². The molecule has 5 heteroatoms. The molecule has 0 aliphatic carbocycles. The van der Waals surface area contributed by atoms with E-state index in [9.17, 15) is 13.2 Å².